The van der Waals surface area contributed by atoms with Gasteiger partial charge in [0, 0.05) is 17.1 Å². The number of halogens is 1. The molecule has 15 heavy (non-hydrogen) atoms. The average molecular weight is 226 g/mol. The highest BCUT2D eigenvalue weighted by molar-refractivity contribution is 6.30. The Hall–Kier alpha value is -0.990. The molecule has 0 fully saturated rings. The second-order valence-electron chi connectivity index (χ2n) is 3.21. The minimum Gasteiger partial charge on any atom is -0.493 e. The van der Waals surface area contributed by atoms with Gasteiger partial charge in [-0.2, -0.15) is 0 Å². The topological polar surface area (TPSA) is 21.3 Å². The molecule has 1 aromatic carbocycles. The summed E-state index contributed by atoms with van der Waals surface area (Å²) in [5.41, 5.74) is 1.08. The summed E-state index contributed by atoms with van der Waals surface area (Å²) >= 11 is 5.91. The van der Waals surface area contributed by atoms with Crippen LogP contribution in [0.3, 0.4) is 0 Å². The van der Waals surface area contributed by atoms with E-state index in [1.54, 1.807) is 0 Å². The van der Waals surface area contributed by atoms with Crippen LogP contribution in [0.15, 0.2) is 30.9 Å². The third kappa shape index (κ3) is 3.94. The van der Waals surface area contributed by atoms with Crippen molar-refractivity contribution in [2.75, 3.05) is 13.7 Å². The van der Waals surface area contributed by atoms with Crippen molar-refractivity contribution in [3.8, 4) is 5.75 Å². The van der Waals surface area contributed by atoms with Crippen molar-refractivity contribution < 1.29 is 4.74 Å². The number of hydrogen-bond acceptors (Lipinski definition) is 2. The highest BCUT2D eigenvalue weighted by atomic mass is 35.5. The lowest BCUT2D eigenvalue weighted by Gasteiger charge is -2.10. The molecule has 2 nitrogen and oxygen atoms in total. The third-order valence-corrected chi connectivity index (χ3v) is 2.20. The van der Waals surface area contributed by atoms with E-state index in [0.29, 0.717) is 6.61 Å². The van der Waals surface area contributed by atoms with Gasteiger partial charge in [-0.3, -0.25) is 0 Å². The molecular formula is C12H16ClNO. The molecule has 0 aliphatic heterocycles. The summed E-state index contributed by atoms with van der Waals surface area (Å²) in [7, 11) is 1.90. The fourth-order valence-corrected chi connectivity index (χ4v) is 1.46. The molecule has 0 aliphatic carbocycles. The first-order valence-corrected chi connectivity index (χ1v) is 5.32. The number of ether oxygens (including phenoxy) is 1. The molecule has 1 aromatic rings. The van der Waals surface area contributed by atoms with Crippen molar-refractivity contribution >= 4 is 11.6 Å². The molecule has 0 unspecified atom stereocenters. The van der Waals surface area contributed by atoms with Crippen molar-refractivity contribution in [1.29, 1.82) is 0 Å². The van der Waals surface area contributed by atoms with Crippen molar-refractivity contribution in [1.82, 2.24) is 5.32 Å². The molecule has 3 heteroatoms. The lowest BCUT2D eigenvalue weighted by molar-refractivity contribution is 0.321. The molecule has 0 aromatic heterocycles. The van der Waals surface area contributed by atoms with Crippen LogP contribution in [-0.4, -0.2) is 13.7 Å². The van der Waals surface area contributed by atoms with E-state index in [1.807, 2.05) is 31.3 Å². The van der Waals surface area contributed by atoms with Gasteiger partial charge in [-0.05, 0) is 31.7 Å². The molecule has 0 atom stereocenters. The van der Waals surface area contributed by atoms with Crippen LogP contribution in [0, 0.1) is 0 Å². The monoisotopic (exact) mass is 225 g/mol. The Labute approximate surface area is 95.9 Å². The molecule has 0 spiro atoms. The van der Waals surface area contributed by atoms with Gasteiger partial charge in [0.1, 0.15) is 5.75 Å². The lowest BCUT2D eigenvalue weighted by Crippen LogP contribution is -2.08. The summed E-state index contributed by atoms with van der Waals surface area (Å²) in [6.07, 6.45) is 2.69. The van der Waals surface area contributed by atoms with E-state index in [4.69, 9.17) is 16.3 Å². The van der Waals surface area contributed by atoms with Gasteiger partial charge in [0.2, 0.25) is 0 Å². The van der Waals surface area contributed by atoms with E-state index in [0.717, 1.165) is 29.3 Å². The normalized spacial score (nSPS) is 10.0. The Bertz CT molecular complexity index is 325. The highest BCUT2D eigenvalue weighted by Gasteiger charge is 2.03. The molecule has 0 radical (unpaired) electrons. The van der Waals surface area contributed by atoms with Crippen LogP contribution in [0.2, 0.25) is 5.02 Å². The molecule has 1 rings (SSSR count). The molecule has 0 amide bonds. The maximum Gasteiger partial charge on any atom is 0.123 e. The van der Waals surface area contributed by atoms with Crippen LogP contribution in [0.25, 0.3) is 0 Å². The van der Waals surface area contributed by atoms with Gasteiger partial charge in [-0.25, -0.2) is 0 Å². The minimum absolute atomic E-state index is 0.655. The molecule has 0 bridgehead atoms. The summed E-state index contributed by atoms with van der Waals surface area (Å²) in [4.78, 5) is 0. The molecule has 0 saturated heterocycles. The number of nitrogens with one attached hydrogen (secondary N) is 1. The maximum atomic E-state index is 5.91. The fraction of sp³-hybridized carbons (Fsp3) is 0.333. The van der Waals surface area contributed by atoms with Crippen LogP contribution in [0.4, 0.5) is 0 Å². The Morgan fingerprint density at radius 1 is 1.53 bits per heavy atom. The van der Waals surface area contributed by atoms with Crippen molar-refractivity contribution in [2.24, 2.45) is 0 Å². The van der Waals surface area contributed by atoms with Crippen molar-refractivity contribution in [3.05, 3.63) is 41.4 Å². The van der Waals surface area contributed by atoms with Gasteiger partial charge in [-0.15, -0.1) is 6.58 Å². The second kappa shape index (κ2) is 6.49. The maximum absolute atomic E-state index is 5.91. The molecule has 0 heterocycles. The Morgan fingerprint density at radius 3 is 3.00 bits per heavy atom. The van der Waals surface area contributed by atoms with Crippen LogP contribution in [-0.2, 0) is 6.54 Å². The minimum atomic E-state index is 0.655. The first-order chi connectivity index (χ1) is 7.27. The summed E-state index contributed by atoms with van der Waals surface area (Å²) in [6.45, 7) is 5.06. The summed E-state index contributed by atoms with van der Waals surface area (Å²) in [5.74, 6) is 0.885. The van der Waals surface area contributed by atoms with E-state index >= 15 is 0 Å². The van der Waals surface area contributed by atoms with Gasteiger partial charge >= 0.3 is 0 Å². The summed E-state index contributed by atoms with van der Waals surface area (Å²) in [5, 5.41) is 3.82. The van der Waals surface area contributed by atoms with E-state index in [1.165, 1.54) is 0 Å². The largest absolute Gasteiger partial charge is 0.493 e. The van der Waals surface area contributed by atoms with Gasteiger partial charge < -0.3 is 10.1 Å². The van der Waals surface area contributed by atoms with E-state index < -0.39 is 0 Å². The number of rotatable bonds is 6. The van der Waals surface area contributed by atoms with Crippen LogP contribution in [0.1, 0.15) is 12.0 Å². The SMILES string of the molecule is C=CCCOc1ccc(Cl)cc1CNC. The van der Waals surface area contributed by atoms with E-state index in [-0.39, 0.29) is 0 Å². The smallest absolute Gasteiger partial charge is 0.123 e. The predicted octanol–water partition coefficient (Wildman–Crippen LogP) is 3.01. The van der Waals surface area contributed by atoms with Crippen LogP contribution < -0.4 is 10.1 Å². The molecule has 82 valence electrons. The summed E-state index contributed by atoms with van der Waals surface area (Å²) in [6, 6.07) is 5.66. The third-order valence-electron chi connectivity index (χ3n) is 1.97. The average Bonchev–Trinajstić information content (AvgIpc) is 2.22. The van der Waals surface area contributed by atoms with Gasteiger partial charge in [-0.1, -0.05) is 17.7 Å². The van der Waals surface area contributed by atoms with E-state index in [2.05, 4.69) is 11.9 Å². The first-order valence-electron chi connectivity index (χ1n) is 4.94. The Balaban J connectivity index is 2.71. The number of hydrogen-bond donors (Lipinski definition) is 1. The Morgan fingerprint density at radius 2 is 2.33 bits per heavy atom. The van der Waals surface area contributed by atoms with Gasteiger partial charge in [0.25, 0.3) is 0 Å². The summed E-state index contributed by atoms with van der Waals surface area (Å²) < 4.78 is 5.62. The molecule has 0 saturated carbocycles. The van der Waals surface area contributed by atoms with Crippen molar-refractivity contribution in [2.45, 2.75) is 13.0 Å². The quantitative estimate of drug-likeness (QED) is 0.594. The number of benzene rings is 1. The highest BCUT2D eigenvalue weighted by Crippen LogP contribution is 2.22. The molecule has 0 aliphatic rings. The standard InChI is InChI=1S/C12H16ClNO/c1-3-4-7-15-12-6-5-11(13)8-10(12)9-14-2/h3,5-6,8,14H,1,4,7,9H2,2H3. The van der Waals surface area contributed by atoms with Crippen LogP contribution in [0.5, 0.6) is 5.75 Å². The molecular weight excluding hydrogens is 210 g/mol. The zero-order chi connectivity index (χ0) is 11.1. The van der Waals surface area contributed by atoms with Crippen molar-refractivity contribution in [3.63, 3.8) is 0 Å². The zero-order valence-corrected chi connectivity index (χ0v) is 9.68. The first kappa shape index (κ1) is 12.1. The Kier molecular flexibility index (Phi) is 5.22. The fourth-order valence-electron chi connectivity index (χ4n) is 1.27. The lowest BCUT2D eigenvalue weighted by atomic mass is 10.2. The van der Waals surface area contributed by atoms with Gasteiger partial charge in [0.15, 0.2) is 0 Å². The zero-order valence-electron chi connectivity index (χ0n) is 8.92. The van der Waals surface area contributed by atoms with Gasteiger partial charge in [0.05, 0.1) is 6.61 Å². The van der Waals surface area contributed by atoms with E-state index in [9.17, 15) is 0 Å². The predicted molar refractivity (Wildman–Crippen MR) is 64.5 cm³/mol. The van der Waals surface area contributed by atoms with Crippen LogP contribution >= 0.6 is 11.6 Å². The molecule has 1 N–H and O–H groups in total. The second-order valence-corrected chi connectivity index (χ2v) is 3.64.